The van der Waals surface area contributed by atoms with Gasteiger partial charge in [0.25, 0.3) is 5.69 Å². The summed E-state index contributed by atoms with van der Waals surface area (Å²) in [4.78, 5) is 10.3. The molecule has 0 saturated carbocycles. The molecule has 0 spiro atoms. The first kappa shape index (κ1) is 10.5. The molecule has 0 aliphatic heterocycles. The van der Waals surface area contributed by atoms with Gasteiger partial charge in [-0.25, -0.2) is 0 Å². The molecule has 1 heterocycles. The summed E-state index contributed by atoms with van der Waals surface area (Å²) >= 11 is 0. The van der Waals surface area contributed by atoms with E-state index in [1.54, 1.807) is 6.07 Å². The highest BCUT2D eigenvalue weighted by molar-refractivity contribution is 5.85. The lowest BCUT2D eigenvalue weighted by Gasteiger charge is -2.09. The molecule has 1 aromatic heterocycles. The maximum atomic E-state index is 10.7. The van der Waals surface area contributed by atoms with Crippen LogP contribution in [0.3, 0.4) is 0 Å². The summed E-state index contributed by atoms with van der Waals surface area (Å²) in [5.74, 6) is 0.407. The Kier molecular flexibility index (Phi) is 2.52. The van der Waals surface area contributed by atoms with Crippen LogP contribution in [-0.2, 0) is 0 Å². The number of non-ortho nitro benzene ring substituents is 1. The Morgan fingerprint density at radius 3 is 2.81 bits per heavy atom. The van der Waals surface area contributed by atoms with E-state index < -0.39 is 4.92 Å². The number of hydrogen-bond donors (Lipinski definition) is 0. The summed E-state index contributed by atoms with van der Waals surface area (Å²) in [7, 11) is 0. The smallest absolute Gasteiger partial charge is 0.274 e. The largest absolute Gasteiger partial charge is 0.487 e. The number of benzene rings is 1. The van der Waals surface area contributed by atoms with Gasteiger partial charge in [0.1, 0.15) is 0 Å². The Morgan fingerprint density at radius 2 is 2.19 bits per heavy atom. The lowest BCUT2D eigenvalue weighted by molar-refractivity contribution is -0.384. The second-order valence-electron chi connectivity index (χ2n) is 3.71. The fraction of sp³-hybridized carbons (Fsp3) is 0.273. The van der Waals surface area contributed by atoms with Crippen molar-refractivity contribution in [3.8, 4) is 5.75 Å². The van der Waals surface area contributed by atoms with Crippen LogP contribution in [0.1, 0.15) is 13.8 Å². The number of nitro groups is 1. The number of nitrogens with zero attached hydrogens (tertiary/aromatic N) is 1. The van der Waals surface area contributed by atoms with Gasteiger partial charge in [0.2, 0.25) is 0 Å². The Hall–Kier alpha value is -2.04. The molecule has 16 heavy (non-hydrogen) atoms. The average Bonchev–Trinajstić information content (AvgIpc) is 2.64. The van der Waals surface area contributed by atoms with Crippen molar-refractivity contribution in [2.75, 3.05) is 0 Å². The van der Waals surface area contributed by atoms with E-state index in [-0.39, 0.29) is 11.8 Å². The highest BCUT2D eigenvalue weighted by Gasteiger charge is 2.15. The molecule has 0 fully saturated rings. The van der Waals surface area contributed by atoms with Crippen LogP contribution in [0.15, 0.2) is 28.9 Å². The summed E-state index contributed by atoms with van der Waals surface area (Å²) < 4.78 is 10.7. The van der Waals surface area contributed by atoms with E-state index in [2.05, 4.69) is 0 Å². The van der Waals surface area contributed by atoms with Crippen molar-refractivity contribution in [2.24, 2.45) is 0 Å². The Bertz CT molecular complexity index is 530. The predicted molar refractivity (Wildman–Crippen MR) is 58.6 cm³/mol. The van der Waals surface area contributed by atoms with Gasteiger partial charge in [0.05, 0.1) is 23.4 Å². The minimum atomic E-state index is -0.445. The van der Waals surface area contributed by atoms with Crippen LogP contribution in [0.2, 0.25) is 0 Å². The number of hydrogen-bond acceptors (Lipinski definition) is 4. The first-order chi connectivity index (χ1) is 7.58. The van der Waals surface area contributed by atoms with Gasteiger partial charge in [-0.3, -0.25) is 10.1 Å². The highest BCUT2D eigenvalue weighted by Crippen LogP contribution is 2.32. The summed E-state index contributed by atoms with van der Waals surface area (Å²) in [5.41, 5.74) is 0.545. The quantitative estimate of drug-likeness (QED) is 0.590. The first-order valence-corrected chi connectivity index (χ1v) is 4.90. The van der Waals surface area contributed by atoms with Gasteiger partial charge in [0, 0.05) is 11.5 Å². The van der Waals surface area contributed by atoms with Gasteiger partial charge < -0.3 is 9.15 Å². The standard InChI is InChI=1S/C11H11NO4/c1-7(2)16-10-6-9(12(13)14)5-8-3-4-15-11(8)10/h3-7H,1-2H3. The minimum Gasteiger partial charge on any atom is -0.487 e. The number of ether oxygens (including phenoxy) is 1. The molecule has 5 nitrogen and oxygen atoms in total. The van der Waals surface area contributed by atoms with Crippen LogP contribution in [0, 0.1) is 10.1 Å². The second kappa shape index (κ2) is 3.84. The van der Waals surface area contributed by atoms with E-state index in [0.717, 1.165) is 0 Å². The molecule has 0 aliphatic rings. The van der Waals surface area contributed by atoms with Gasteiger partial charge >= 0.3 is 0 Å². The summed E-state index contributed by atoms with van der Waals surface area (Å²) in [6, 6.07) is 4.52. The van der Waals surface area contributed by atoms with Crippen molar-refractivity contribution >= 4 is 16.7 Å². The summed E-state index contributed by atoms with van der Waals surface area (Å²) in [6.45, 7) is 3.71. The Morgan fingerprint density at radius 1 is 1.44 bits per heavy atom. The molecular formula is C11H11NO4. The van der Waals surface area contributed by atoms with Gasteiger partial charge in [-0.2, -0.15) is 0 Å². The van der Waals surface area contributed by atoms with Crippen LogP contribution in [0.4, 0.5) is 5.69 Å². The lowest BCUT2D eigenvalue weighted by atomic mass is 10.2. The topological polar surface area (TPSA) is 65.5 Å². The van der Waals surface area contributed by atoms with Crippen molar-refractivity contribution in [1.29, 1.82) is 0 Å². The zero-order valence-electron chi connectivity index (χ0n) is 8.97. The second-order valence-corrected chi connectivity index (χ2v) is 3.71. The van der Waals surface area contributed by atoms with E-state index in [1.165, 1.54) is 18.4 Å². The number of furan rings is 1. The van der Waals surface area contributed by atoms with E-state index in [0.29, 0.717) is 16.7 Å². The van der Waals surface area contributed by atoms with Crippen molar-refractivity contribution in [3.05, 3.63) is 34.6 Å². The molecule has 5 heteroatoms. The van der Waals surface area contributed by atoms with Crippen LogP contribution >= 0.6 is 0 Å². The molecule has 2 rings (SSSR count). The van der Waals surface area contributed by atoms with Crippen LogP contribution in [-0.4, -0.2) is 11.0 Å². The summed E-state index contributed by atoms with van der Waals surface area (Å²) in [5, 5.41) is 11.4. The normalized spacial score (nSPS) is 10.9. The van der Waals surface area contributed by atoms with E-state index in [9.17, 15) is 10.1 Å². The Labute approximate surface area is 91.8 Å². The van der Waals surface area contributed by atoms with Gasteiger partial charge in [0.15, 0.2) is 11.3 Å². The highest BCUT2D eigenvalue weighted by atomic mass is 16.6. The van der Waals surface area contributed by atoms with Crippen LogP contribution in [0.5, 0.6) is 5.75 Å². The molecule has 0 amide bonds. The third-order valence-corrected chi connectivity index (χ3v) is 2.08. The van der Waals surface area contributed by atoms with Crippen molar-refractivity contribution in [2.45, 2.75) is 20.0 Å². The van der Waals surface area contributed by atoms with E-state index in [1.807, 2.05) is 13.8 Å². The predicted octanol–water partition coefficient (Wildman–Crippen LogP) is 3.13. The molecule has 0 aliphatic carbocycles. The maximum Gasteiger partial charge on any atom is 0.274 e. The fourth-order valence-electron chi connectivity index (χ4n) is 1.48. The average molecular weight is 221 g/mol. The van der Waals surface area contributed by atoms with Crippen LogP contribution < -0.4 is 4.74 Å². The molecule has 0 bridgehead atoms. The number of fused-ring (bicyclic) bond motifs is 1. The lowest BCUT2D eigenvalue weighted by Crippen LogP contribution is -2.06. The SMILES string of the molecule is CC(C)Oc1cc([N+](=O)[O-])cc2ccoc12. The van der Waals surface area contributed by atoms with Gasteiger partial charge in [-0.05, 0) is 19.9 Å². The number of nitro benzene ring substituents is 1. The molecule has 84 valence electrons. The molecule has 0 atom stereocenters. The molecule has 0 radical (unpaired) electrons. The van der Waals surface area contributed by atoms with Crippen LogP contribution in [0.25, 0.3) is 11.0 Å². The first-order valence-electron chi connectivity index (χ1n) is 4.90. The molecule has 0 unspecified atom stereocenters. The van der Waals surface area contributed by atoms with E-state index in [4.69, 9.17) is 9.15 Å². The third kappa shape index (κ3) is 1.84. The van der Waals surface area contributed by atoms with Crippen molar-refractivity contribution < 1.29 is 14.1 Å². The van der Waals surface area contributed by atoms with Gasteiger partial charge in [-0.15, -0.1) is 0 Å². The fourth-order valence-corrected chi connectivity index (χ4v) is 1.48. The third-order valence-electron chi connectivity index (χ3n) is 2.08. The minimum absolute atomic E-state index is 0.00421. The van der Waals surface area contributed by atoms with Crippen molar-refractivity contribution in [3.63, 3.8) is 0 Å². The molecule has 0 N–H and O–H groups in total. The zero-order valence-corrected chi connectivity index (χ0v) is 8.97. The Balaban J connectivity index is 2.59. The summed E-state index contributed by atoms with van der Waals surface area (Å²) in [6.07, 6.45) is 1.43. The zero-order chi connectivity index (χ0) is 11.7. The number of rotatable bonds is 3. The molecular weight excluding hydrogens is 210 g/mol. The van der Waals surface area contributed by atoms with E-state index >= 15 is 0 Å². The molecule has 2 aromatic rings. The molecule has 1 aromatic carbocycles. The maximum absolute atomic E-state index is 10.7. The molecule has 0 saturated heterocycles. The van der Waals surface area contributed by atoms with Crippen molar-refractivity contribution in [1.82, 2.24) is 0 Å². The monoisotopic (exact) mass is 221 g/mol. The van der Waals surface area contributed by atoms with Gasteiger partial charge in [-0.1, -0.05) is 0 Å².